The topological polar surface area (TPSA) is 42.2 Å². The highest BCUT2D eigenvalue weighted by molar-refractivity contribution is 5.69. The van der Waals surface area contributed by atoms with Crippen LogP contribution in [0.3, 0.4) is 0 Å². The number of methoxy groups -OCH3 is 1. The van der Waals surface area contributed by atoms with Gasteiger partial charge in [0, 0.05) is 5.56 Å². The molecule has 0 heterocycles. The Morgan fingerprint density at radius 2 is 1.90 bits per heavy atom. The van der Waals surface area contributed by atoms with Gasteiger partial charge in [-0.25, -0.2) is 4.39 Å². The van der Waals surface area contributed by atoms with Gasteiger partial charge in [0.05, 0.1) is 12.7 Å². The molecule has 0 aliphatic carbocycles. The Bertz CT molecular complexity index is 696. The summed E-state index contributed by atoms with van der Waals surface area (Å²) in [6.07, 6.45) is 0. The van der Waals surface area contributed by atoms with Gasteiger partial charge in [-0.2, -0.15) is 14.0 Å². The minimum atomic E-state index is -3.07. The molecule has 3 nitrogen and oxygen atoms in total. The Morgan fingerprint density at radius 3 is 2.52 bits per heavy atom. The van der Waals surface area contributed by atoms with Crippen molar-refractivity contribution in [3.63, 3.8) is 0 Å². The van der Waals surface area contributed by atoms with Gasteiger partial charge >= 0.3 is 6.61 Å². The minimum absolute atomic E-state index is 0.0534. The normalized spacial score (nSPS) is 10.3. The van der Waals surface area contributed by atoms with Gasteiger partial charge in [-0.15, -0.1) is 0 Å². The van der Waals surface area contributed by atoms with Gasteiger partial charge in [0.1, 0.15) is 23.4 Å². The minimum Gasteiger partial charge on any atom is -0.497 e. The second-order valence-corrected chi connectivity index (χ2v) is 4.05. The van der Waals surface area contributed by atoms with E-state index in [2.05, 4.69) is 4.74 Å². The van der Waals surface area contributed by atoms with Crippen LogP contribution in [-0.2, 0) is 0 Å². The first-order valence-electron chi connectivity index (χ1n) is 5.88. The second kappa shape index (κ2) is 6.18. The third-order valence-corrected chi connectivity index (χ3v) is 2.80. The van der Waals surface area contributed by atoms with Crippen molar-refractivity contribution in [2.45, 2.75) is 6.61 Å². The Balaban J connectivity index is 2.52. The number of halogens is 3. The molecule has 2 aromatic rings. The summed E-state index contributed by atoms with van der Waals surface area (Å²) in [6.45, 7) is -3.07. The maximum atomic E-state index is 13.9. The number of rotatable bonds is 4. The van der Waals surface area contributed by atoms with Crippen LogP contribution in [0, 0.1) is 17.1 Å². The molecule has 2 aromatic carbocycles. The summed E-state index contributed by atoms with van der Waals surface area (Å²) in [4.78, 5) is 0. The monoisotopic (exact) mass is 293 g/mol. The van der Waals surface area contributed by atoms with Crippen molar-refractivity contribution in [1.82, 2.24) is 0 Å². The summed E-state index contributed by atoms with van der Waals surface area (Å²) in [5.74, 6) is -0.414. The molecular formula is C15H10F3NO2. The van der Waals surface area contributed by atoms with Gasteiger partial charge in [-0.05, 0) is 35.9 Å². The number of benzene rings is 2. The van der Waals surface area contributed by atoms with E-state index in [1.165, 1.54) is 43.5 Å². The van der Waals surface area contributed by atoms with Crippen molar-refractivity contribution >= 4 is 0 Å². The zero-order valence-corrected chi connectivity index (χ0v) is 10.9. The van der Waals surface area contributed by atoms with Crippen molar-refractivity contribution in [2.24, 2.45) is 0 Å². The molecule has 0 aliphatic rings. The number of nitriles is 1. The van der Waals surface area contributed by atoms with Crippen LogP contribution in [-0.4, -0.2) is 13.7 Å². The van der Waals surface area contributed by atoms with Crippen molar-refractivity contribution < 1.29 is 22.6 Å². The van der Waals surface area contributed by atoms with E-state index < -0.39 is 12.4 Å². The van der Waals surface area contributed by atoms with Crippen LogP contribution in [0.25, 0.3) is 11.1 Å². The van der Waals surface area contributed by atoms with Crippen LogP contribution >= 0.6 is 0 Å². The molecule has 21 heavy (non-hydrogen) atoms. The summed E-state index contributed by atoms with van der Waals surface area (Å²) in [5, 5.41) is 8.86. The molecule has 0 saturated heterocycles. The predicted octanol–water partition coefficient (Wildman–Crippen LogP) is 3.97. The lowest BCUT2D eigenvalue weighted by molar-refractivity contribution is -0.0500. The van der Waals surface area contributed by atoms with E-state index in [9.17, 15) is 13.2 Å². The zero-order valence-electron chi connectivity index (χ0n) is 10.9. The summed E-state index contributed by atoms with van der Waals surface area (Å²) < 4.78 is 47.8. The van der Waals surface area contributed by atoms with E-state index in [1.54, 1.807) is 6.07 Å². The van der Waals surface area contributed by atoms with Crippen molar-refractivity contribution in [1.29, 1.82) is 5.26 Å². The lowest BCUT2D eigenvalue weighted by Crippen LogP contribution is -2.03. The molecule has 0 unspecified atom stereocenters. The Hall–Kier alpha value is -2.68. The average molecular weight is 293 g/mol. The van der Waals surface area contributed by atoms with Gasteiger partial charge in [0.15, 0.2) is 0 Å². The molecule has 0 amide bonds. The van der Waals surface area contributed by atoms with Gasteiger partial charge in [-0.3, -0.25) is 0 Å². The highest BCUT2D eigenvalue weighted by atomic mass is 19.3. The molecule has 0 spiro atoms. The fourth-order valence-corrected chi connectivity index (χ4v) is 1.83. The zero-order chi connectivity index (χ0) is 15.4. The molecule has 0 bridgehead atoms. The first kappa shape index (κ1) is 14.7. The van der Waals surface area contributed by atoms with Gasteiger partial charge in [-0.1, -0.05) is 6.07 Å². The van der Waals surface area contributed by atoms with Crippen LogP contribution in [0.1, 0.15) is 5.56 Å². The maximum absolute atomic E-state index is 13.9. The highest BCUT2D eigenvalue weighted by Crippen LogP contribution is 2.31. The molecule has 6 heteroatoms. The summed E-state index contributed by atoms with van der Waals surface area (Å²) in [6, 6.07) is 9.77. The number of nitrogens with zero attached hydrogens (tertiary/aromatic N) is 1. The second-order valence-electron chi connectivity index (χ2n) is 4.05. The molecule has 2 rings (SSSR count). The molecule has 0 N–H and O–H groups in total. The number of hydrogen-bond donors (Lipinski definition) is 0. The maximum Gasteiger partial charge on any atom is 0.387 e. The van der Waals surface area contributed by atoms with Crippen molar-refractivity contribution in [3.05, 3.63) is 47.8 Å². The molecule has 0 saturated carbocycles. The SMILES string of the molecule is COc1ccc(F)c(-c2ccc(C#N)c(OC(F)F)c2)c1. The quantitative estimate of drug-likeness (QED) is 0.856. The van der Waals surface area contributed by atoms with Gasteiger partial charge in [0.25, 0.3) is 0 Å². The predicted molar refractivity (Wildman–Crippen MR) is 69.7 cm³/mol. The number of hydrogen-bond acceptors (Lipinski definition) is 3. The summed E-state index contributed by atoms with van der Waals surface area (Å²) in [5.41, 5.74) is 0.418. The molecular weight excluding hydrogens is 283 g/mol. The lowest BCUT2D eigenvalue weighted by Gasteiger charge is -2.10. The van der Waals surface area contributed by atoms with Crippen LogP contribution < -0.4 is 9.47 Å². The summed E-state index contributed by atoms with van der Waals surface area (Å²) >= 11 is 0. The fraction of sp³-hybridized carbons (Fsp3) is 0.133. The highest BCUT2D eigenvalue weighted by Gasteiger charge is 2.13. The Kier molecular flexibility index (Phi) is 4.33. The van der Waals surface area contributed by atoms with Gasteiger partial charge < -0.3 is 9.47 Å². The Labute approximate surface area is 119 Å². The number of ether oxygens (including phenoxy) is 2. The molecule has 0 atom stereocenters. The Morgan fingerprint density at radius 1 is 1.14 bits per heavy atom. The van der Waals surface area contributed by atoms with E-state index >= 15 is 0 Å². The largest absolute Gasteiger partial charge is 0.497 e. The van der Waals surface area contributed by atoms with E-state index in [4.69, 9.17) is 10.00 Å². The van der Waals surface area contributed by atoms with Crippen LogP contribution in [0.5, 0.6) is 11.5 Å². The van der Waals surface area contributed by atoms with E-state index in [0.717, 1.165) is 0 Å². The van der Waals surface area contributed by atoms with Crippen molar-refractivity contribution in [2.75, 3.05) is 7.11 Å². The number of alkyl halides is 2. The molecule has 0 aromatic heterocycles. The first-order valence-corrected chi connectivity index (χ1v) is 5.88. The molecule has 108 valence electrons. The first-order chi connectivity index (χ1) is 10.0. The van der Waals surface area contributed by atoms with Crippen LogP contribution in [0.15, 0.2) is 36.4 Å². The van der Waals surface area contributed by atoms with E-state index in [-0.39, 0.29) is 16.9 Å². The standard InChI is InChI=1S/C15H10F3NO2/c1-20-11-4-5-13(16)12(7-11)9-2-3-10(8-19)14(6-9)21-15(17)18/h2-7,15H,1H3. The fourth-order valence-electron chi connectivity index (χ4n) is 1.83. The van der Waals surface area contributed by atoms with Crippen molar-refractivity contribution in [3.8, 4) is 28.7 Å². The van der Waals surface area contributed by atoms with E-state index in [1.807, 2.05) is 0 Å². The average Bonchev–Trinajstić information content (AvgIpc) is 2.47. The van der Waals surface area contributed by atoms with Gasteiger partial charge in [0.2, 0.25) is 0 Å². The van der Waals surface area contributed by atoms with E-state index in [0.29, 0.717) is 11.3 Å². The molecule has 0 fully saturated rings. The molecule has 0 radical (unpaired) electrons. The molecule has 0 aliphatic heterocycles. The van der Waals surface area contributed by atoms with Crippen LogP contribution in [0.2, 0.25) is 0 Å². The summed E-state index contributed by atoms with van der Waals surface area (Å²) in [7, 11) is 1.43. The third kappa shape index (κ3) is 3.26. The van der Waals surface area contributed by atoms with Crippen LogP contribution in [0.4, 0.5) is 13.2 Å². The third-order valence-electron chi connectivity index (χ3n) is 2.80. The lowest BCUT2D eigenvalue weighted by atomic mass is 10.0. The smallest absolute Gasteiger partial charge is 0.387 e.